The van der Waals surface area contributed by atoms with Crippen molar-refractivity contribution in [3.63, 3.8) is 0 Å². The third-order valence-electron chi connectivity index (χ3n) is 1.78. The zero-order valence-electron chi connectivity index (χ0n) is 8.78. The Bertz CT molecular complexity index is 488. The highest BCUT2D eigenvalue weighted by Crippen LogP contribution is 2.32. The molecule has 17 heavy (non-hydrogen) atoms. The molecule has 0 N–H and O–H groups in total. The van der Waals surface area contributed by atoms with Gasteiger partial charge in [-0.2, -0.15) is 0 Å². The standard InChI is InChI=1S/C9H8N2O5S/c1-6(12)5-17-9-3-2-7(10(13)14)4-8(9)11(15)16/h2-4H,5H2,1H3. The fourth-order valence-electron chi connectivity index (χ4n) is 1.06. The number of carbonyl (C=O) groups excluding carboxylic acids is 1. The van der Waals surface area contributed by atoms with Gasteiger partial charge in [0.2, 0.25) is 0 Å². The summed E-state index contributed by atoms with van der Waals surface area (Å²) < 4.78 is 0. The predicted molar refractivity (Wildman–Crippen MR) is 61.2 cm³/mol. The molecule has 0 saturated heterocycles. The molecule has 0 spiro atoms. The first-order valence-electron chi connectivity index (χ1n) is 4.47. The second-order valence-electron chi connectivity index (χ2n) is 3.16. The van der Waals surface area contributed by atoms with Crippen LogP contribution in [-0.4, -0.2) is 21.4 Å². The molecule has 8 heteroatoms. The van der Waals surface area contributed by atoms with E-state index in [2.05, 4.69) is 0 Å². The van der Waals surface area contributed by atoms with Crippen LogP contribution in [0.4, 0.5) is 11.4 Å². The van der Waals surface area contributed by atoms with Gasteiger partial charge in [0.05, 0.1) is 26.6 Å². The van der Waals surface area contributed by atoms with Crippen LogP contribution in [-0.2, 0) is 4.79 Å². The van der Waals surface area contributed by atoms with Crippen LogP contribution in [0.15, 0.2) is 23.1 Å². The molecule has 0 fully saturated rings. The van der Waals surface area contributed by atoms with Crippen molar-refractivity contribution in [2.45, 2.75) is 11.8 Å². The molecule has 0 saturated carbocycles. The van der Waals surface area contributed by atoms with E-state index in [4.69, 9.17) is 0 Å². The molecule has 0 heterocycles. The minimum absolute atomic E-state index is 0.0959. The number of non-ortho nitro benzene ring substituents is 1. The van der Waals surface area contributed by atoms with Crippen molar-refractivity contribution < 1.29 is 14.6 Å². The topological polar surface area (TPSA) is 103 Å². The summed E-state index contributed by atoms with van der Waals surface area (Å²) in [7, 11) is 0. The van der Waals surface area contributed by atoms with E-state index in [1.165, 1.54) is 19.1 Å². The smallest absolute Gasteiger partial charge is 0.289 e. The van der Waals surface area contributed by atoms with E-state index in [9.17, 15) is 25.0 Å². The van der Waals surface area contributed by atoms with E-state index in [1.807, 2.05) is 0 Å². The van der Waals surface area contributed by atoms with Crippen LogP contribution in [0, 0.1) is 20.2 Å². The fourth-order valence-corrected chi connectivity index (χ4v) is 1.87. The quantitative estimate of drug-likeness (QED) is 0.454. The normalized spacial score (nSPS) is 9.94. The van der Waals surface area contributed by atoms with Gasteiger partial charge in [-0.05, 0) is 13.0 Å². The monoisotopic (exact) mass is 256 g/mol. The number of thioether (sulfide) groups is 1. The Kier molecular flexibility index (Phi) is 4.16. The highest BCUT2D eigenvalue weighted by Gasteiger charge is 2.19. The molecule has 0 atom stereocenters. The number of hydrogen-bond donors (Lipinski definition) is 0. The van der Waals surface area contributed by atoms with Gasteiger partial charge in [-0.3, -0.25) is 25.0 Å². The Hall–Kier alpha value is -1.96. The molecule has 1 rings (SSSR count). The zero-order chi connectivity index (χ0) is 13.0. The number of carbonyl (C=O) groups is 1. The summed E-state index contributed by atoms with van der Waals surface area (Å²) in [4.78, 5) is 30.8. The summed E-state index contributed by atoms with van der Waals surface area (Å²) in [6, 6.07) is 3.35. The third-order valence-corrected chi connectivity index (χ3v) is 2.99. The van der Waals surface area contributed by atoms with Gasteiger partial charge < -0.3 is 0 Å². The van der Waals surface area contributed by atoms with Crippen molar-refractivity contribution in [2.24, 2.45) is 0 Å². The molecule has 0 aliphatic heterocycles. The van der Waals surface area contributed by atoms with Gasteiger partial charge in [-0.1, -0.05) is 0 Å². The molecule has 7 nitrogen and oxygen atoms in total. The van der Waals surface area contributed by atoms with Crippen LogP contribution in [0.1, 0.15) is 6.92 Å². The summed E-state index contributed by atoms with van der Waals surface area (Å²) >= 11 is 0.990. The lowest BCUT2D eigenvalue weighted by atomic mass is 10.3. The number of nitro benzene ring substituents is 2. The molecule has 0 aromatic heterocycles. The van der Waals surface area contributed by atoms with Gasteiger partial charge in [-0.25, -0.2) is 0 Å². The second kappa shape index (κ2) is 5.39. The maximum atomic E-state index is 10.8. The van der Waals surface area contributed by atoms with Gasteiger partial charge in [0, 0.05) is 6.07 Å². The Morgan fingerprint density at radius 3 is 2.41 bits per heavy atom. The number of nitrogens with zero attached hydrogens (tertiary/aromatic N) is 2. The van der Waals surface area contributed by atoms with Crippen LogP contribution in [0.25, 0.3) is 0 Å². The van der Waals surface area contributed by atoms with E-state index in [0.29, 0.717) is 0 Å². The molecule has 0 radical (unpaired) electrons. The molecule has 1 aromatic rings. The highest BCUT2D eigenvalue weighted by molar-refractivity contribution is 8.00. The Balaban J connectivity index is 3.08. The molecule has 0 aliphatic carbocycles. The fraction of sp³-hybridized carbons (Fsp3) is 0.222. The molecular formula is C9H8N2O5S. The maximum Gasteiger partial charge on any atom is 0.289 e. The summed E-state index contributed by atoms with van der Waals surface area (Å²) in [5, 5.41) is 21.2. The van der Waals surface area contributed by atoms with E-state index < -0.39 is 9.85 Å². The molecule has 0 bridgehead atoms. The number of ketones is 1. The van der Waals surface area contributed by atoms with Gasteiger partial charge >= 0.3 is 0 Å². The predicted octanol–water partition coefficient (Wildman–Crippen LogP) is 2.18. The van der Waals surface area contributed by atoms with Gasteiger partial charge in [-0.15, -0.1) is 11.8 Å². The molecular weight excluding hydrogens is 248 g/mol. The van der Waals surface area contributed by atoms with Gasteiger partial charge in [0.1, 0.15) is 5.78 Å². The molecule has 0 aliphatic rings. The number of benzene rings is 1. The summed E-state index contributed by atoms with van der Waals surface area (Å²) in [6.45, 7) is 1.37. The minimum atomic E-state index is -0.702. The first kappa shape index (κ1) is 13.1. The lowest BCUT2D eigenvalue weighted by Gasteiger charge is -2.00. The minimum Gasteiger partial charge on any atom is -0.299 e. The van der Waals surface area contributed by atoms with Crippen LogP contribution in [0.5, 0.6) is 0 Å². The zero-order valence-corrected chi connectivity index (χ0v) is 9.60. The Morgan fingerprint density at radius 2 is 1.94 bits per heavy atom. The maximum absolute atomic E-state index is 10.8. The first-order valence-corrected chi connectivity index (χ1v) is 5.45. The summed E-state index contributed by atoms with van der Waals surface area (Å²) in [6.07, 6.45) is 0. The Labute approximate surface area is 100 Å². The summed E-state index contributed by atoms with van der Waals surface area (Å²) in [5.74, 6) is -0.0267. The van der Waals surface area contributed by atoms with E-state index in [0.717, 1.165) is 17.8 Å². The van der Waals surface area contributed by atoms with Crippen LogP contribution in [0.2, 0.25) is 0 Å². The van der Waals surface area contributed by atoms with E-state index in [-0.39, 0.29) is 27.8 Å². The van der Waals surface area contributed by atoms with E-state index >= 15 is 0 Å². The lowest BCUT2D eigenvalue weighted by Crippen LogP contribution is -1.97. The molecule has 0 amide bonds. The van der Waals surface area contributed by atoms with Crippen molar-refractivity contribution in [2.75, 3.05) is 5.75 Å². The van der Waals surface area contributed by atoms with Crippen LogP contribution >= 0.6 is 11.8 Å². The van der Waals surface area contributed by atoms with Crippen molar-refractivity contribution in [3.8, 4) is 0 Å². The first-order chi connectivity index (χ1) is 7.91. The average Bonchev–Trinajstić information content (AvgIpc) is 2.25. The molecule has 0 unspecified atom stereocenters. The molecule has 1 aromatic carbocycles. The van der Waals surface area contributed by atoms with Gasteiger partial charge in [0.25, 0.3) is 11.4 Å². The van der Waals surface area contributed by atoms with Crippen LogP contribution < -0.4 is 0 Å². The average molecular weight is 256 g/mol. The number of rotatable bonds is 5. The third kappa shape index (κ3) is 3.52. The van der Waals surface area contributed by atoms with Crippen LogP contribution in [0.3, 0.4) is 0 Å². The number of nitro groups is 2. The number of Topliss-reactive ketones (excluding diaryl/α,β-unsaturated/α-hetero) is 1. The highest BCUT2D eigenvalue weighted by atomic mass is 32.2. The summed E-state index contributed by atoms with van der Waals surface area (Å²) in [5.41, 5.74) is -0.700. The Morgan fingerprint density at radius 1 is 1.29 bits per heavy atom. The van der Waals surface area contributed by atoms with E-state index in [1.54, 1.807) is 0 Å². The van der Waals surface area contributed by atoms with Gasteiger partial charge in [0.15, 0.2) is 0 Å². The largest absolute Gasteiger partial charge is 0.299 e. The second-order valence-corrected chi connectivity index (χ2v) is 4.17. The lowest BCUT2D eigenvalue weighted by molar-refractivity contribution is -0.396. The number of hydrogen-bond acceptors (Lipinski definition) is 6. The molecule has 90 valence electrons. The van der Waals surface area contributed by atoms with Crippen molar-refractivity contribution in [1.82, 2.24) is 0 Å². The van der Waals surface area contributed by atoms with Crippen molar-refractivity contribution in [3.05, 3.63) is 38.4 Å². The SMILES string of the molecule is CC(=O)CSc1ccc([N+](=O)[O-])cc1[N+](=O)[O-]. The van der Waals surface area contributed by atoms with Crippen molar-refractivity contribution >= 4 is 28.9 Å². The van der Waals surface area contributed by atoms with Crippen molar-refractivity contribution in [1.29, 1.82) is 0 Å².